The van der Waals surface area contributed by atoms with Crippen LogP contribution in [0.15, 0.2) is 17.6 Å². The van der Waals surface area contributed by atoms with Gasteiger partial charge in [0.25, 0.3) is 0 Å². The smallest absolute Gasteiger partial charge is 0.126 e. The van der Waals surface area contributed by atoms with Gasteiger partial charge in [-0.3, -0.25) is 4.99 Å². The molecule has 0 bridgehead atoms. The van der Waals surface area contributed by atoms with E-state index >= 15 is 0 Å². The van der Waals surface area contributed by atoms with Crippen LogP contribution in [-0.2, 0) is 0 Å². The Morgan fingerprint density at radius 3 is 2.50 bits per heavy atom. The van der Waals surface area contributed by atoms with Gasteiger partial charge in [0.15, 0.2) is 0 Å². The fraction of sp³-hybridized carbons (Fsp3) is 0.700. The van der Waals surface area contributed by atoms with E-state index in [0.717, 1.165) is 6.42 Å². The van der Waals surface area contributed by atoms with Crippen molar-refractivity contribution in [3.8, 4) is 0 Å². The summed E-state index contributed by atoms with van der Waals surface area (Å²) >= 11 is 5.53. The average Bonchev–Trinajstić information content (AvgIpc) is 2.39. The van der Waals surface area contributed by atoms with E-state index in [2.05, 4.69) is 32.9 Å². The summed E-state index contributed by atoms with van der Waals surface area (Å²) in [5.41, 5.74) is 0.00359. The molecule has 1 unspecified atom stereocenters. The van der Waals surface area contributed by atoms with Crippen LogP contribution in [0, 0.1) is 0 Å². The summed E-state index contributed by atoms with van der Waals surface area (Å²) in [6, 6.07) is 0. The maximum Gasteiger partial charge on any atom is 0.126 e. The van der Waals surface area contributed by atoms with E-state index in [-0.39, 0.29) is 9.62 Å². The lowest BCUT2D eigenvalue weighted by Crippen LogP contribution is -2.39. The first-order valence-electron chi connectivity index (χ1n) is 4.50. The third-order valence-corrected chi connectivity index (χ3v) is 7.00. The highest BCUT2D eigenvalue weighted by atomic mass is 32.2. The molecule has 1 atom stereocenters. The number of nitrogens with zero attached hydrogens (tertiary/aromatic N) is 1. The van der Waals surface area contributed by atoms with Crippen LogP contribution in [0.1, 0.15) is 20.3 Å². The summed E-state index contributed by atoms with van der Waals surface area (Å²) < 4.78 is 1.35. The zero-order valence-electron chi connectivity index (χ0n) is 9.16. The molecule has 14 heavy (non-hydrogen) atoms. The molecule has 1 aliphatic rings. The van der Waals surface area contributed by atoms with Gasteiger partial charge in [-0.1, -0.05) is 17.8 Å². The highest BCUT2D eigenvalue weighted by Crippen LogP contribution is 2.55. The van der Waals surface area contributed by atoms with Gasteiger partial charge in [-0.25, -0.2) is 0 Å². The minimum atomic E-state index is 0.00359. The Morgan fingerprint density at radius 2 is 2.14 bits per heavy atom. The minimum absolute atomic E-state index is 0.00359. The molecule has 1 heterocycles. The number of hydrogen-bond donors (Lipinski definition) is 0. The lowest BCUT2D eigenvalue weighted by atomic mass is 9.98. The van der Waals surface area contributed by atoms with Crippen LogP contribution in [0.4, 0.5) is 0 Å². The molecule has 0 aromatic carbocycles. The Labute approximate surface area is 99.6 Å². The Morgan fingerprint density at radius 1 is 1.50 bits per heavy atom. The molecule has 0 radical (unpaired) electrons. The molecular weight excluding hydrogens is 230 g/mol. The van der Waals surface area contributed by atoms with Crippen molar-refractivity contribution in [2.45, 2.75) is 29.9 Å². The van der Waals surface area contributed by atoms with Crippen LogP contribution >= 0.6 is 35.3 Å². The lowest BCUT2D eigenvalue weighted by Gasteiger charge is -2.36. The molecular formula is C10H17NS3. The van der Waals surface area contributed by atoms with E-state index in [1.54, 1.807) is 11.8 Å². The number of hydrogen-bond acceptors (Lipinski definition) is 4. The first-order valence-corrected chi connectivity index (χ1v) is 7.77. The van der Waals surface area contributed by atoms with Crippen molar-refractivity contribution in [2.24, 2.45) is 4.99 Å². The van der Waals surface area contributed by atoms with Gasteiger partial charge in [-0.15, -0.1) is 30.1 Å². The second kappa shape index (κ2) is 4.54. The maximum absolute atomic E-state index is 4.76. The van der Waals surface area contributed by atoms with Crippen molar-refractivity contribution < 1.29 is 0 Å². The van der Waals surface area contributed by atoms with Crippen LogP contribution < -0.4 is 0 Å². The molecule has 0 fully saturated rings. The maximum atomic E-state index is 4.76. The Bertz CT molecular complexity index is 260. The molecule has 0 N–H and O–H groups in total. The van der Waals surface area contributed by atoms with Gasteiger partial charge in [0.1, 0.15) is 4.38 Å². The minimum Gasteiger partial charge on any atom is -0.263 e. The van der Waals surface area contributed by atoms with Crippen molar-refractivity contribution in [1.29, 1.82) is 0 Å². The molecule has 4 heteroatoms. The molecule has 1 aliphatic heterocycles. The third-order valence-electron chi connectivity index (χ3n) is 2.47. The molecule has 0 amide bonds. The second-order valence-electron chi connectivity index (χ2n) is 3.69. The molecule has 1 nitrogen and oxygen atoms in total. The van der Waals surface area contributed by atoms with Crippen LogP contribution in [-0.4, -0.2) is 26.5 Å². The molecule has 0 aliphatic carbocycles. The van der Waals surface area contributed by atoms with E-state index in [0.29, 0.717) is 0 Å². The zero-order valence-corrected chi connectivity index (χ0v) is 11.6. The molecule has 80 valence electrons. The highest BCUT2D eigenvalue weighted by molar-refractivity contribution is 8.42. The Hall–Kier alpha value is 0.460. The van der Waals surface area contributed by atoms with E-state index < -0.39 is 0 Å². The predicted octanol–water partition coefficient (Wildman–Crippen LogP) is 3.87. The summed E-state index contributed by atoms with van der Waals surface area (Å²) in [5, 5.41) is 0. The normalized spacial score (nSPS) is 30.1. The van der Waals surface area contributed by atoms with E-state index in [1.807, 2.05) is 29.6 Å². The first kappa shape index (κ1) is 12.5. The van der Waals surface area contributed by atoms with Gasteiger partial charge in [0.05, 0.1) is 9.62 Å². The molecule has 0 saturated carbocycles. The van der Waals surface area contributed by atoms with Gasteiger partial charge in [-0.05, 0) is 32.8 Å². The summed E-state index contributed by atoms with van der Waals surface area (Å²) in [5.74, 6) is 0. The van der Waals surface area contributed by atoms with Crippen LogP contribution in [0.2, 0.25) is 0 Å². The summed E-state index contributed by atoms with van der Waals surface area (Å²) in [7, 11) is 0. The molecule has 0 saturated heterocycles. The molecule has 1 rings (SSSR count). The third kappa shape index (κ3) is 2.02. The van der Waals surface area contributed by atoms with Crippen molar-refractivity contribution in [2.75, 3.05) is 12.5 Å². The second-order valence-corrected chi connectivity index (χ2v) is 7.40. The fourth-order valence-electron chi connectivity index (χ4n) is 1.55. The summed E-state index contributed by atoms with van der Waals surface area (Å²) in [6.07, 6.45) is 7.26. The van der Waals surface area contributed by atoms with Crippen LogP contribution in [0.3, 0.4) is 0 Å². The van der Waals surface area contributed by atoms with Gasteiger partial charge in [0.2, 0.25) is 0 Å². The fourth-order valence-corrected chi connectivity index (χ4v) is 5.24. The SMILES string of the molecule is C=CCC1(SC)SC(SC)=NC1(C)C. The van der Waals surface area contributed by atoms with E-state index in [9.17, 15) is 0 Å². The summed E-state index contributed by atoms with van der Waals surface area (Å²) in [6.45, 7) is 8.27. The van der Waals surface area contributed by atoms with Crippen LogP contribution in [0.5, 0.6) is 0 Å². The van der Waals surface area contributed by atoms with Crippen molar-refractivity contribution in [3.63, 3.8) is 0 Å². The average molecular weight is 247 g/mol. The number of allylic oxidation sites excluding steroid dienone is 1. The van der Waals surface area contributed by atoms with Gasteiger partial charge in [0, 0.05) is 0 Å². The Balaban J connectivity index is 2.96. The van der Waals surface area contributed by atoms with Gasteiger partial charge >= 0.3 is 0 Å². The number of rotatable bonds is 3. The van der Waals surface area contributed by atoms with E-state index in [4.69, 9.17) is 4.99 Å². The van der Waals surface area contributed by atoms with E-state index in [1.165, 1.54) is 4.38 Å². The monoisotopic (exact) mass is 247 g/mol. The Kier molecular flexibility index (Phi) is 4.06. The van der Waals surface area contributed by atoms with Gasteiger partial charge in [-0.2, -0.15) is 0 Å². The van der Waals surface area contributed by atoms with Crippen molar-refractivity contribution in [1.82, 2.24) is 0 Å². The molecule has 0 spiro atoms. The summed E-state index contributed by atoms with van der Waals surface area (Å²) in [4.78, 5) is 4.76. The standard InChI is InChI=1S/C10H17NS3/c1-6-7-10(13-5)9(2,3)11-8(12-4)14-10/h6H,1,7H2,2-5H3. The first-order chi connectivity index (χ1) is 6.51. The highest BCUT2D eigenvalue weighted by Gasteiger charge is 2.49. The predicted molar refractivity (Wildman–Crippen MR) is 73.7 cm³/mol. The molecule has 0 aromatic heterocycles. The number of thioether (sulfide) groups is 3. The van der Waals surface area contributed by atoms with Crippen molar-refractivity contribution >= 4 is 39.7 Å². The topological polar surface area (TPSA) is 12.4 Å². The van der Waals surface area contributed by atoms with Gasteiger partial charge < -0.3 is 0 Å². The lowest BCUT2D eigenvalue weighted by molar-refractivity contribution is 0.481. The quantitative estimate of drug-likeness (QED) is 0.703. The zero-order chi connectivity index (χ0) is 10.8. The van der Waals surface area contributed by atoms with Crippen LogP contribution in [0.25, 0.3) is 0 Å². The van der Waals surface area contributed by atoms with Crippen molar-refractivity contribution in [3.05, 3.63) is 12.7 Å². The number of aliphatic imine (C=N–C) groups is 1. The molecule has 0 aromatic rings. The largest absolute Gasteiger partial charge is 0.263 e.